The summed E-state index contributed by atoms with van der Waals surface area (Å²) in [6, 6.07) is 27.9. The van der Waals surface area contributed by atoms with Crippen LogP contribution in [0.4, 0.5) is 0 Å². The molecule has 0 radical (unpaired) electrons. The van der Waals surface area contributed by atoms with E-state index in [1.54, 1.807) is 11.1 Å². The monoisotopic (exact) mass is 567 g/mol. The average molecular weight is 569 g/mol. The van der Waals surface area contributed by atoms with Crippen molar-refractivity contribution in [1.82, 2.24) is 4.90 Å². The van der Waals surface area contributed by atoms with Gasteiger partial charge in [-0.1, -0.05) is 102 Å². The number of carbonyl (C=O) groups excluding carboxylic acids is 1. The van der Waals surface area contributed by atoms with Gasteiger partial charge in [0.2, 0.25) is 0 Å². The van der Waals surface area contributed by atoms with Crippen LogP contribution in [0.25, 0.3) is 11.8 Å². The number of halogens is 1. The molecule has 0 aliphatic carbocycles. The van der Waals surface area contributed by atoms with Crippen molar-refractivity contribution in [2.75, 3.05) is 11.9 Å². The van der Waals surface area contributed by atoms with Crippen LogP contribution >= 0.6 is 15.9 Å². The molecule has 0 spiro atoms. The Morgan fingerprint density at radius 2 is 1.61 bits per heavy atom. The summed E-state index contributed by atoms with van der Waals surface area (Å²) < 4.78 is 5.96. The van der Waals surface area contributed by atoms with E-state index >= 15 is 0 Å². The van der Waals surface area contributed by atoms with Gasteiger partial charge in [-0.05, 0) is 42.2 Å². The predicted molar refractivity (Wildman–Crippen MR) is 158 cm³/mol. The number of ether oxygens (including phenoxy) is 1. The normalized spacial score (nSPS) is 15.7. The van der Waals surface area contributed by atoms with Gasteiger partial charge in [0.15, 0.2) is 5.84 Å². The van der Waals surface area contributed by atoms with Gasteiger partial charge in [0.1, 0.15) is 11.4 Å². The Kier molecular flexibility index (Phi) is 8.61. The zero-order valence-corrected chi connectivity index (χ0v) is 22.8. The zero-order valence-electron chi connectivity index (χ0n) is 21.2. The van der Waals surface area contributed by atoms with Crippen molar-refractivity contribution >= 4 is 45.2 Å². The minimum atomic E-state index is -0.160. The van der Waals surface area contributed by atoms with Crippen molar-refractivity contribution in [2.24, 2.45) is 9.98 Å². The largest absolute Gasteiger partial charge is 0.494 e. The van der Waals surface area contributed by atoms with Gasteiger partial charge in [-0.25, -0.2) is 9.98 Å². The molecule has 38 heavy (non-hydrogen) atoms. The van der Waals surface area contributed by atoms with Crippen molar-refractivity contribution < 1.29 is 9.53 Å². The summed E-state index contributed by atoms with van der Waals surface area (Å²) in [7, 11) is 0. The van der Waals surface area contributed by atoms with E-state index in [1.165, 1.54) is 12.8 Å². The van der Waals surface area contributed by atoms with Crippen molar-refractivity contribution in [3.05, 3.63) is 114 Å². The first-order valence-corrected chi connectivity index (χ1v) is 14.2. The maximum Gasteiger partial charge on any atom is 0.282 e. The molecule has 0 fully saturated rings. The van der Waals surface area contributed by atoms with E-state index in [-0.39, 0.29) is 5.91 Å². The first kappa shape index (κ1) is 25.9. The molecule has 5 nitrogen and oxygen atoms in total. The van der Waals surface area contributed by atoms with Gasteiger partial charge in [0.25, 0.3) is 5.91 Å². The number of nitrogens with zero attached hydrogens (tertiary/aromatic N) is 3. The minimum Gasteiger partial charge on any atom is -0.494 e. The molecule has 0 N–H and O–H groups in total. The van der Waals surface area contributed by atoms with E-state index in [0.29, 0.717) is 24.6 Å². The number of hydrogen-bond acceptors (Lipinski definition) is 4. The predicted octanol–water partition coefficient (Wildman–Crippen LogP) is 7.30. The molecule has 0 atom stereocenters. The first-order valence-electron chi connectivity index (χ1n) is 13.0. The smallest absolute Gasteiger partial charge is 0.282 e. The van der Waals surface area contributed by atoms with Crippen molar-refractivity contribution in [3.8, 4) is 5.75 Å². The highest BCUT2D eigenvalue weighted by atomic mass is 79.9. The molecule has 6 heteroatoms. The molecule has 0 unspecified atom stereocenters. The van der Waals surface area contributed by atoms with Crippen LogP contribution in [0.15, 0.2) is 107 Å². The lowest BCUT2D eigenvalue weighted by atomic mass is 10.1. The third-order valence-electron chi connectivity index (χ3n) is 6.40. The standard InChI is InChI=1S/C32H30BrN3O2/c33-18-9-1-2-10-19-38-27-17-11-14-25(20-27)22-29-32(37)36-23-30(26-15-7-4-8-16-26)34-28(31(36)35-29)21-24-12-5-3-6-13-24/h3-8,11-17,20,22-23H,1-2,9-10,18-19,21H2/b29-22-. The number of rotatable bonds is 11. The summed E-state index contributed by atoms with van der Waals surface area (Å²) in [6.07, 6.45) is 8.78. The molecule has 0 aromatic heterocycles. The summed E-state index contributed by atoms with van der Waals surface area (Å²) in [6.45, 7) is 0.684. The summed E-state index contributed by atoms with van der Waals surface area (Å²) in [5.74, 6) is 1.22. The summed E-state index contributed by atoms with van der Waals surface area (Å²) in [4.78, 5) is 24.8. The number of benzene rings is 3. The van der Waals surface area contributed by atoms with Crippen molar-refractivity contribution in [3.63, 3.8) is 0 Å². The first-order chi connectivity index (χ1) is 18.7. The molecule has 5 rings (SSSR count). The minimum absolute atomic E-state index is 0.160. The highest BCUT2D eigenvalue weighted by Gasteiger charge is 2.35. The van der Waals surface area contributed by atoms with Gasteiger partial charge < -0.3 is 4.74 Å². The van der Waals surface area contributed by atoms with E-state index < -0.39 is 0 Å². The Hall–Kier alpha value is -3.77. The molecule has 0 saturated heterocycles. The topological polar surface area (TPSA) is 54.3 Å². The van der Waals surface area contributed by atoms with E-state index in [2.05, 4.69) is 28.1 Å². The van der Waals surface area contributed by atoms with Gasteiger partial charge in [-0.2, -0.15) is 0 Å². The Balaban J connectivity index is 1.38. The number of fused-ring (bicyclic) bond motifs is 1. The molecule has 0 bridgehead atoms. The van der Waals surface area contributed by atoms with Gasteiger partial charge in [0, 0.05) is 23.5 Å². The number of carbonyl (C=O) groups is 1. The summed E-state index contributed by atoms with van der Waals surface area (Å²) >= 11 is 3.47. The van der Waals surface area contributed by atoms with Gasteiger partial charge in [-0.3, -0.25) is 9.69 Å². The van der Waals surface area contributed by atoms with Gasteiger partial charge in [-0.15, -0.1) is 0 Å². The molecule has 2 heterocycles. The summed E-state index contributed by atoms with van der Waals surface area (Å²) in [5, 5.41) is 1.05. The molecule has 0 saturated carbocycles. The Labute approximate surface area is 232 Å². The van der Waals surface area contributed by atoms with Crippen LogP contribution in [0, 0.1) is 0 Å². The van der Waals surface area contributed by atoms with Gasteiger partial charge >= 0.3 is 0 Å². The second kappa shape index (κ2) is 12.7. The maximum atomic E-state index is 13.5. The molecular formula is C32H30BrN3O2. The molecule has 3 aromatic rings. The van der Waals surface area contributed by atoms with E-state index in [9.17, 15) is 4.79 Å². The van der Waals surface area contributed by atoms with Gasteiger partial charge in [0.05, 0.1) is 18.0 Å². The number of alkyl halides is 1. The molecule has 2 aliphatic heterocycles. The van der Waals surface area contributed by atoms with Crippen molar-refractivity contribution in [2.45, 2.75) is 32.1 Å². The average Bonchev–Trinajstić information content (AvgIpc) is 3.27. The molecule has 192 valence electrons. The second-order valence-corrected chi connectivity index (χ2v) is 10.1. The van der Waals surface area contributed by atoms with E-state index in [4.69, 9.17) is 14.7 Å². The Bertz CT molecular complexity index is 1390. The van der Waals surface area contributed by atoms with Crippen molar-refractivity contribution in [1.29, 1.82) is 0 Å². The Morgan fingerprint density at radius 3 is 2.39 bits per heavy atom. The lowest BCUT2D eigenvalue weighted by Gasteiger charge is -2.21. The van der Waals surface area contributed by atoms with Crippen LogP contribution in [0.5, 0.6) is 5.75 Å². The number of amides is 1. The third kappa shape index (κ3) is 6.37. The van der Waals surface area contributed by atoms with E-state index in [1.807, 2.05) is 78.9 Å². The molecule has 2 aliphatic rings. The quantitative estimate of drug-likeness (QED) is 0.139. The fraction of sp³-hybridized carbons (Fsp3) is 0.219. The number of amidine groups is 1. The van der Waals surface area contributed by atoms with Crippen LogP contribution in [-0.4, -0.2) is 34.3 Å². The highest BCUT2D eigenvalue weighted by Crippen LogP contribution is 2.29. The van der Waals surface area contributed by atoms with Crippen LogP contribution in [0.3, 0.4) is 0 Å². The molecule has 3 aromatic carbocycles. The van der Waals surface area contributed by atoms with Crippen LogP contribution < -0.4 is 4.74 Å². The SMILES string of the molecule is O=C1/C(=C/c2cccc(OCCCCCCBr)c2)N=C2C(Cc3ccccc3)=NC(c3ccccc3)=CN12. The fourth-order valence-electron chi connectivity index (χ4n) is 4.45. The molecular weight excluding hydrogens is 538 g/mol. The van der Waals surface area contributed by atoms with Crippen LogP contribution in [0.1, 0.15) is 42.4 Å². The summed E-state index contributed by atoms with van der Waals surface area (Å²) in [5.41, 5.74) is 4.86. The van der Waals surface area contributed by atoms with E-state index in [0.717, 1.165) is 52.0 Å². The van der Waals surface area contributed by atoms with Crippen LogP contribution in [-0.2, 0) is 11.2 Å². The number of aliphatic imine (C=N–C) groups is 2. The fourth-order valence-corrected chi connectivity index (χ4v) is 4.84. The van der Waals surface area contributed by atoms with Crippen LogP contribution in [0.2, 0.25) is 0 Å². The lowest BCUT2D eigenvalue weighted by Crippen LogP contribution is -2.36. The highest BCUT2D eigenvalue weighted by molar-refractivity contribution is 9.09. The number of hydrogen-bond donors (Lipinski definition) is 0. The zero-order chi connectivity index (χ0) is 26.2. The number of unbranched alkanes of at least 4 members (excludes halogenated alkanes) is 3. The Morgan fingerprint density at radius 1 is 0.842 bits per heavy atom. The maximum absolute atomic E-state index is 13.5. The molecule has 1 amide bonds. The second-order valence-electron chi connectivity index (χ2n) is 9.27. The third-order valence-corrected chi connectivity index (χ3v) is 6.96. The lowest BCUT2D eigenvalue weighted by molar-refractivity contribution is -0.120.